The van der Waals surface area contributed by atoms with Gasteiger partial charge in [-0.1, -0.05) is 6.92 Å². The number of likely N-dealkylation sites (N-methyl/N-ethyl adjacent to an activating group) is 1. The van der Waals surface area contributed by atoms with Crippen LogP contribution in [0, 0.1) is 0 Å². The Balaban J connectivity index is 1.80. The molecule has 0 atom stereocenters. The summed E-state index contributed by atoms with van der Waals surface area (Å²) in [5.41, 5.74) is 0. The van der Waals surface area contributed by atoms with Crippen LogP contribution in [0.4, 0.5) is 0 Å². The lowest BCUT2D eigenvalue weighted by atomic mass is 10.3. The third-order valence-electron chi connectivity index (χ3n) is 3.61. The smallest absolute Gasteiger partial charge is 0.250 e. The highest BCUT2D eigenvalue weighted by Gasteiger charge is 2.20. The second-order valence-corrected chi connectivity index (χ2v) is 8.65. The Morgan fingerprint density at radius 3 is 2.76 bits per heavy atom. The first-order chi connectivity index (χ1) is 10.0. The molecule has 5 nitrogen and oxygen atoms in total. The number of thiophene rings is 1. The molecule has 1 aliphatic carbocycles. The van der Waals surface area contributed by atoms with Gasteiger partial charge in [0.25, 0.3) is 0 Å². The molecule has 0 unspecified atom stereocenters. The minimum atomic E-state index is -3.35. The van der Waals surface area contributed by atoms with E-state index in [1.165, 1.54) is 24.2 Å². The van der Waals surface area contributed by atoms with Gasteiger partial charge in [-0.05, 0) is 45.0 Å². The summed E-state index contributed by atoms with van der Waals surface area (Å²) >= 11 is 1.37. The molecule has 21 heavy (non-hydrogen) atoms. The molecule has 1 saturated carbocycles. The summed E-state index contributed by atoms with van der Waals surface area (Å²) in [6.07, 6.45) is 3.45. The van der Waals surface area contributed by atoms with Gasteiger partial charge in [0.1, 0.15) is 4.21 Å². The topological polar surface area (TPSA) is 61.4 Å². The van der Waals surface area contributed by atoms with Crippen LogP contribution in [-0.4, -0.2) is 52.6 Å². The summed E-state index contributed by atoms with van der Waals surface area (Å²) < 4.78 is 27.4. The van der Waals surface area contributed by atoms with E-state index in [1.54, 1.807) is 6.07 Å². The maximum absolute atomic E-state index is 12.2. The Bertz CT molecular complexity index is 538. The van der Waals surface area contributed by atoms with Gasteiger partial charge in [-0.15, -0.1) is 11.3 Å². The molecule has 0 spiro atoms. The average Bonchev–Trinajstić information content (AvgIpc) is 3.13. The predicted octanol–water partition coefficient (Wildman–Crippen LogP) is 1.27. The Morgan fingerprint density at radius 1 is 1.33 bits per heavy atom. The van der Waals surface area contributed by atoms with E-state index in [1.807, 2.05) is 13.1 Å². The molecular formula is C14H25N3O2S2. The lowest BCUT2D eigenvalue weighted by Crippen LogP contribution is -2.32. The minimum absolute atomic E-state index is 0.420. The van der Waals surface area contributed by atoms with E-state index in [-0.39, 0.29) is 0 Å². The van der Waals surface area contributed by atoms with Crippen LogP contribution in [0.2, 0.25) is 0 Å². The van der Waals surface area contributed by atoms with E-state index >= 15 is 0 Å². The second kappa shape index (κ2) is 7.69. The van der Waals surface area contributed by atoms with Gasteiger partial charge in [0, 0.05) is 30.6 Å². The molecule has 0 radical (unpaired) electrons. The van der Waals surface area contributed by atoms with Gasteiger partial charge in [-0.3, -0.25) is 0 Å². The van der Waals surface area contributed by atoms with Crippen LogP contribution in [0.3, 0.4) is 0 Å². The largest absolute Gasteiger partial charge is 0.314 e. The zero-order valence-electron chi connectivity index (χ0n) is 12.8. The number of nitrogens with zero attached hydrogens (tertiary/aromatic N) is 1. The summed E-state index contributed by atoms with van der Waals surface area (Å²) in [6, 6.07) is 4.33. The highest BCUT2D eigenvalue weighted by molar-refractivity contribution is 7.91. The van der Waals surface area contributed by atoms with Gasteiger partial charge in [-0.2, -0.15) is 0 Å². The lowest BCUT2D eigenvalue weighted by Gasteiger charge is -2.13. The molecular weight excluding hydrogens is 306 g/mol. The SMILES string of the molecule is CCN(C)CCNS(=O)(=O)c1ccc(CCNC2CC2)s1. The summed E-state index contributed by atoms with van der Waals surface area (Å²) in [5.74, 6) is 0. The van der Waals surface area contributed by atoms with Crippen molar-refractivity contribution in [3.8, 4) is 0 Å². The fourth-order valence-corrected chi connectivity index (χ4v) is 4.34. The van der Waals surface area contributed by atoms with Crippen molar-refractivity contribution in [3.05, 3.63) is 17.0 Å². The molecule has 0 aliphatic heterocycles. The fourth-order valence-electron chi connectivity index (χ4n) is 1.92. The molecule has 0 aromatic carbocycles. The van der Waals surface area contributed by atoms with Crippen molar-refractivity contribution in [2.75, 3.05) is 33.2 Å². The predicted molar refractivity (Wildman–Crippen MR) is 87.4 cm³/mol. The van der Waals surface area contributed by atoms with Crippen LogP contribution in [0.25, 0.3) is 0 Å². The molecule has 0 saturated heterocycles. The van der Waals surface area contributed by atoms with E-state index in [2.05, 4.69) is 21.9 Å². The van der Waals surface area contributed by atoms with Crippen molar-refractivity contribution < 1.29 is 8.42 Å². The highest BCUT2D eigenvalue weighted by atomic mass is 32.2. The summed E-state index contributed by atoms with van der Waals surface area (Å²) in [4.78, 5) is 3.19. The van der Waals surface area contributed by atoms with E-state index in [0.29, 0.717) is 16.8 Å². The summed E-state index contributed by atoms with van der Waals surface area (Å²) in [5, 5.41) is 3.44. The molecule has 7 heteroatoms. The average molecular weight is 332 g/mol. The van der Waals surface area contributed by atoms with Crippen molar-refractivity contribution in [3.63, 3.8) is 0 Å². The van der Waals surface area contributed by atoms with Crippen molar-refractivity contribution in [2.24, 2.45) is 0 Å². The van der Waals surface area contributed by atoms with Gasteiger partial charge in [0.05, 0.1) is 0 Å². The first-order valence-electron chi connectivity index (χ1n) is 7.51. The molecule has 1 heterocycles. The highest BCUT2D eigenvalue weighted by Crippen LogP contribution is 2.22. The second-order valence-electron chi connectivity index (χ2n) is 5.49. The van der Waals surface area contributed by atoms with Crippen LogP contribution >= 0.6 is 11.3 Å². The van der Waals surface area contributed by atoms with Crippen molar-refractivity contribution >= 4 is 21.4 Å². The zero-order chi connectivity index (χ0) is 15.3. The number of hydrogen-bond acceptors (Lipinski definition) is 5. The van der Waals surface area contributed by atoms with Crippen molar-refractivity contribution in [1.82, 2.24) is 14.9 Å². The molecule has 1 aromatic rings. The number of nitrogens with one attached hydrogen (secondary N) is 2. The van der Waals surface area contributed by atoms with Crippen LogP contribution in [0.15, 0.2) is 16.3 Å². The van der Waals surface area contributed by atoms with Gasteiger partial charge >= 0.3 is 0 Å². The van der Waals surface area contributed by atoms with Crippen molar-refractivity contribution in [2.45, 2.75) is 36.4 Å². The standard InChI is InChI=1S/C14H25N3O2S2/c1-3-17(2)11-10-16-21(18,19)14-7-6-13(20-14)8-9-15-12-4-5-12/h6-7,12,15-16H,3-5,8-11H2,1-2H3. The molecule has 0 amide bonds. The molecule has 2 rings (SSSR count). The quantitative estimate of drug-likeness (QED) is 0.678. The first kappa shape index (κ1) is 16.9. The third kappa shape index (κ3) is 5.67. The summed E-state index contributed by atoms with van der Waals surface area (Å²) in [7, 11) is -1.37. The summed E-state index contributed by atoms with van der Waals surface area (Å²) in [6.45, 7) is 5.07. The molecule has 1 fully saturated rings. The normalized spacial score (nSPS) is 15.8. The Kier molecular flexibility index (Phi) is 6.19. The number of sulfonamides is 1. The molecule has 120 valence electrons. The van der Waals surface area contributed by atoms with Gasteiger partial charge < -0.3 is 10.2 Å². The maximum Gasteiger partial charge on any atom is 0.250 e. The van der Waals surface area contributed by atoms with Crippen LogP contribution in [0.1, 0.15) is 24.6 Å². The first-order valence-corrected chi connectivity index (χ1v) is 9.81. The Hall–Kier alpha value is -0.470. The van der Waals surface area contributed by atoms with Crippen LogP contribution in [0.5, 0.6) is 0 Å². The lowest BCUT2D eigenvalue weighted by molar-refractivity contribution is 0.358. The monoisotopic (exact) mass is 331 g/mol. The third-order valence-corrected chi connectivity index (χ3v) is 6.71. The molecule has 2 N–H and O–H groups in total. The van der Waals surface area contributed by atoms with Gasteiger partial charge in [0.15, 0.2) is 0 Å². The molecule has 1 aromatic heterocycles. The van der Waals surface area contributed by atoms with E-state index < -0.39 is 10.0 Å². The van der Waals surface area contributed by atoms with E-state index in [9.17, 15) is 8.42 Å². The Labute approximate surface area is 131 Å². The Morgan fingerprint density at radius 2 is 2.10 bits per heavy atom. The van der Waals surface area contributed by atoms with Crippen LogP contribution < -0.4 is 10.0 Å². The number of rotatable bonds is 10. The fraction of sp³-hybridized carbons (Fsp3) is 0.714. The van der Waals surface area contributed by atoms with Crippen LogP contribution in [-0.2, 0) is 16.4 Å². The van der Waals surface area contributed by atoms with Crippen molar-refractivity contribution in [1.29, 1.82) is 0 Å². The maximum atomic E-state index is 12.2. The van der Waals surface area contributed by atoms with Gasteiger partial charge in [0.2, 0.25) is 10.0 Å². The van der Waals surface area contributed by atoms with E-state index in [4.69, 9.17) is 0 Å². The van der Waals surface area contributed by atoms with Gasteiger partial charge in [-0.25, -0.2) is 13.1 Å². The molecule has 0 bridgehead atoms. The zero-order valence-corrected chi connectivity index (χ0v) is 14.4. The minimum Gasteiger partial charge on any atom is -0.314 e. The molecule has 1 aliphatic rings. The van der Waals surface area contributed by atoms with E-state index in [0.717, 1.165) is 30.9 Å². The number of hydrogen-bond donors (Lipinski definition) is 2.